The average Bonchev–Trinajstić information content (AvgIpc) is 2.91. The average molecular weight is 295 g/mol. The van der Waals surface area contributed by atoms with E-state index in [1.807, 2.05) is 0 Å². The summed E-state index contributed by atoms with van der Waals surface area (Å²) in [5.74, 6) is 0. The van der Waals surface area contributed by atoms with Crippen LogP contribution in [0.15, 0.2) is 60.0 Å². The van der Waals surface area contributed by atoms with E-state index >= 15 is 0 Å². The van der Waals surface area contributed by atoms with Gasteiger partial charge in [0.2, 0.25) is 0 Å². The van der Waals surface area contributed by atoms with Crippen molar-refractivity contribution < 1.29 is 4.57 Å². The fraction of sp³-hybridized carbons (Fsp3) is 0.167. The number of aromatic nitrogens is 1. The van der Waals surface area contributed by atoms with Crippen molar-refractivity contribution in [1.29, 1.82) is 0 Å². The van der Waals surface area contributed by atoms with Crippen molar-refractivity contribution >= 4 is 22.2 Å². The van der Waals surface area contributed by atoms with Crippen molar-refractivity contribution in [3.8, 4) is 11.3 Å². The van der Waals surface area contributed by atoms with Crippen molar-refractivity contribution in [2.75, 3.05) is 5.32 Å². The van der Waals surface area contributed by atoms with E-state index in [-0.39, 0.29) is 0 Å². The van der Waals surface area contributed by atoms with E-state index < -0.39 is 0 Å². The molecule has 0 atom stereocenters. The molecular weight excluding hydrogens is 276 g/mol. The minimum atomic E-state index is 0.946. The standard InChI is InChI=1S/C18H18N2S/c1-3-20-17(15-9-5-4-6-10-15)13-21-18(20)19-16-11-7-8-14(2)12-16/h4-13H,3H2,1-2H3/p+1. The lowest BCUT2D eigenvalue weighted by Crippen LogP contribution is -2.34. The maximum atomic E-state index is 3.54. The molecular formula is C18H19N2S+. The Balaban J connectivity index is 1.95. The molecule has 106 valence electrons. The van der Waals surface area contributed by atoms with Gasteiger partial charge in [-0.05, 0) is 31.5 Å². The van der Waals surface area contributed by atoms with Gasteiger partial charge in [0.05, 0.1) is 6.54 Å². The molecule has 2 aromatic carbocycles. The first-order chi connectivity index (χ1) is 10.3. The minimum Gasteiger partial charge on any atom is -0.231 e. The van der Waals surface area contributed by atoms with E-state index in [0.29, 0.717) is 0 Å². The number of benzene rings is 2. The SMILES string of the molecule is CC[n+]1c(-c2ccccc2)csc1Nc1cccc(C)c1. The van der Waals surface area contributed by atoms with Gasteiger partial charge in [0.1, 0.15) is 11.4 Å². The maximum absolute atomic E-state index is 3.54. The van der Waals surface area contributed by atoms with Gasteiger partial charge in [-0.3, -0.25) is 0 Å². The molecule has 0 bridgehead atoms. The van der Waals surface area contributed by atoms with Crippen molar-refractivity contribution in [2.45, 2.75) is 20.4 Å². The smallest absolute Gasteiger partial charge is 0.231 e. The molecule has 0 saturated carbocycles. The largest absolute Gasteiger partial charge is 0.339 e. The van der Waals surface area contributed by atoms with Crippen LogP contribution in [0.2, 0.25) is 0 Å². The molecule has 0 radical (unpaired) electrons. The fourth-order valence-electron chi connectivity index (χ4n) is 2.44. The Labute approximate surface area is 129 Å². The van der Waals surface area contributed by atoms with Crippen molar-refractivity contribution in [2.24, 2.45) is 0 Å². The molecule has 0 fully saturated rings. The summed E-state index contributed by atoms with van der Waals surface area (Å²) in [6, 6.07) is 19.0. The number of hydrogen-bond acceptors (Lipinski definition) is 2. The highest BCUT2D eigenvalue weighted by Gasteiger charge is 2.17. The molecule has 0 saturated heterocycles. The summed E-state index contributed by atoms with van der Waals surface area (Å²) in [6.45, 7) is 5.24. The third kappa shape index (κ3) is 2.98. The molecule has 0 unspecified atom stereocenters. The predicted molar refractivity (Wildman–Crippen MR) is 90.1 cm³/mol. The second-order valence-electron chi connectivity index (χ2n) is 5.03. The van der Waals surface area contributed by atoms with Gasteiger partial charge in [0.25, 0.3) is 0 Å². The summed E-state index contributed by atoms with van der Waals surface area (Å²) >= 11 is 1.75. The topological polar surface area (TPSA) is 15.9 Å². The molecule has 1 aromatic heterocycles. The van der Waals surface area contributed by atoms with E-state index in [2.05, 4.69) is 83.7 Å². The Kier molecular flexibility index (Phi) is 4.02. The number of nitrogens with zero attached hydrogens (tertiary/aromatic N) is 1. The normalized spacial score (nSPS) is 10.6. The summed E-state index contributed by atoms with van der Waals surface area (Å²) < 4.78 is 2.32. The number of hydrogen-bond donors (Lipinski definition) is 1. The van der Waals surface area contributed by atoms with Crippen LogP contribution in [0.5, 0.6) is 0 Å². The van der Waals surface area contributed by atoms with Gasteiger partial charge in [-0.25, -0.2) is 9.88 Å². The van der Waals surface area contributed by atoms with E-state index in [1.54, 1.807) is 11.3 Å². The van der Waals surface area contributed by atoms with E-state index in [4.69, 9.17) is 0 Å². The lowest BCUT2D eigenvalue weighted by atomic mass is 10.2. The number of anilines is 2. The lowest BCUT2D eigenvalue weighted by molar-refractivity contribution is -0.664. The van der Waals surface area contributed by atoms with Crippen molar-refractivity contribution in [1.82, 2.24) is 0 Å². The highest BCUT2D eigenvalue weighted by molar-refractivity contribution is 7.13. The van der Waals surface area contributed by atoms with Crippen LogP contribution < -0.4 is 9.88 Å². The Morgan fingerprint density at radius 3 is 2.57 bits per heavy atom. The molecule has 1 N–H and O–H groups in total. The Morgan fingerprint density at radius 2 is 1.86 bits per heavy atom. The van der Waals surface area contributed by atoms with Crippen LogP contribution in [0.4, 0.5) is 10.8 Å². The van der Waals surface area contributed by atoms with Gasteiger partial charge >= 0.3 is 5.13 Å². The van der Waals surface area contributed by atoms with Crippen LogP contribution in [-0.4, -0.2) is 0 Å². The van der Waals surface area contributed by atoms with E-state index in [1.165, 1.54) is 22.0 Å². The second-order valence-corrected chi connectivity index (χ2v) is 5.89. The highest BCUT2D eigenvalue weighted by atomic mass is 32.1. The molecule has 2 nitrogen and oxygen atoms in total. The van der Waals surface area contributed by atoms with Gasteiger partial charge in [0, 0.05) is 10.9 Å². The Hall–Kier alpha value is -2.13. The molecule has 0 aliphatic rings. The third-order valence-electron chi connectivity index (χ3n) is 3.47. The number of thiazole rings is 1. The first-order valence-corrected chi connectivity index (χ1v) is 8.06. The molecule has 0 aliphatic heterocycles. The van der Waals surface area contributed by atoms with Crippen LogP contribution in [0.1, 0.15) is 12.5 Å². The van der Waals surface area contributed by atoms with Crippen molar-refractivity contribution in [3.05, 3.63) is 65.5 Å². The van der Waals surface area contributed by atoms with Gasteiger partial charge in [-0.2, -0.15) is 0 Å². The van der Waals surface area contributed by atoms with Gasteiger partial charge in [-0.15, -0.1) is 0 Å². The molecule has 3 heteroatoms. The van der Waals surface area contributed by atoms with Gasteiger partial charge < -0.3 is 0 Å². The number of rotatable bonds is 4. The quantitative estimate of drug-likeness (QED) is 0.685. The van der Waals surface area contributed by atoms with Crippen LogP contribution in [0, 0.1) is 6.92 Å². The predicted octanol–water partition coefficient (Wildman–Crippen LogP) is 4.77. The molecule has 0 spiro atoms. The van der Waals surface area contributed by atoms with Crippen LogP contribution in [0.3, 0.4) is 0 Å². The van der Waals surface area contributed by atoms with E-state index in [0.717, 1.165) is 12.2 Å². The zero-order chi connectivity index (χ0) is 14.7. The number of aryl methyl sites for hydroxylation is 1. The summed E-state index contributed by atoms with van der Waals surface area (Å²) in [7, 11) is 0. The Morgan fingerprint density at radius 1 is 1.05 bits per heavy atom. The Bertz CT molecular complexity index is 732. The zero-order valence-corrected chi connectivity index (χ0v) is 13.2. The maximum Gasteiger partial charge on any atom is 0.339 e. The molecule has 3 aromatic rings. The van der Waals surface area contributed by atoms with Gasteiger partial charge in [-0.1, -0.05) is 53.8 Å². The molecule has 3 rings (SSSR count). The molecule has 0 aliphatic carbocycles. The highest BCUT2D eigenvalue weighted by Crippen LogP contribution is 2.25. The van der Waals surface area contributed by atoms with Crippen LogP contribution in [0.25, 0.3) is 11.3 Å². The molecule has 21 heavy (non-hydrogen) atoms. The van der Waals surface area contributed by atoms with Gasteiger partial charge in [0.15, 0.2) is 0 Å². The van der Waals surface area contributed by atoms with E-state index in [9.17, 15) is 0 Å². The third-order valence-corrected chi connectivity index (χ3v) is 4.36. The summed E-state index contributed by atoms with van der Waals surface area (Å²) in [5, 5.41) is 6.92. The fourth-order valence-corrected chi connectivity index (χ4v) is 3.46. The first kappa shape index (κ1) is 13.8. The summed E-state index contributed by atoms with van der Waals surface area (Å²) in [6.07, 6.45) is 0. The lowest BCUT2D eigenvalue weighted by Gasteiger charge is -2.04. The molecule has 1 heterocycles. The molecule has 0 amide bonds. The zero-order valence-electron chi connectivity index (χ0n) is 12.3. The monoisotopic (exact) mass is 295 g/mol. The minimum absolute atomic E-state index is 0.946. The first-order valence-electron chi connectivity index (χ1n) is 7.18. The summed E-state index contributed by atoms with van der Waals surface area (Å²) in [5.41, 5.74) is 4.92. The second kappa shape index (κ2) is 6.10. The number of nitrogens with one attached hydrogen (secondary N) is 1. The van der Waals surface area contributed by atoms with Crippen molar-refractivity contribution in [3.63, 3.8) is 0 Å². The van der Waals surface area contributed by atoms with Crippen LogP contribution >= 0.6 is 11.3 Å². The van der Waals surface area contributed by atoms with Crippen LogP contribution in [-0.2, 0) is 6.54 Å². The summed E-state index contributed by atoms with van der Waals surface area (Å²) in [4.78, 5) is 0.